The van der Waals surface area contributed by atoms with E-state index in [9.17, 15) is 0 Å². The van der Waals surface area contributed by atoms with E-state index >= 15 is 0 Å². The normalized spacial score (nSPS) is 9.67. The van der Waals surface area contributed by atoms with Crippen LogP contribution in [0.3, 0.4) is 0 Å². The first-order valence-electron chi connectivity index (χ1n) is 2.78. The van der Waals surface area contributed by atoms with E-state index in [2.05, 4.69) is 48.6 Å². The topological polar surface area (TPSA) is 0 Å². The molecule has 0 aromatic heterocycles. The zero-order valence-corrected chi connectivity index (χ0v) is 7.47. The molecule has 0 aliphatic heterocycles. The van der Waals surface area contributed by atoms with Gasteiger partial charge in [-0.05, 0) is 53.6 Å². The fourth-order valence-corrected chi connectivity index (χ4v) is 1.04. The van der Waals surface area contributed by atoms with E-state index in [0.717, 1.165) is 5.56 Å². The molecule has 47 valence electrons. The average Bonchev–Trinajstić information content (AvgIpc) is 1.80. The molecule has 0 saturated carbocycles. The standard InChI is InChI=1S/C8H8I/c1-6-3-4-8(9)7(2)5-6/h3-5H,1H2,2H3. The minimum atomic E-state index is 1.09. The zero-order chi connectivity index (χ0) is 6.85. The summed E-state index contributed by atoms with van der Waals surface area (Å²) in [5, 5.41) is 0. The first-order valence-corrected chi connectivity index (χ1v) is 3.86. The van der Waals surface area contributed by atoms with Crippen LogP contribution in [0.4, 0.5) is 0 Å². The molecule has 0 N–H and O–H groups in total. The average molecular weight is 231 g/mol. The van der Waals surface area contributed by atoms with Crippen molar-refractivity contribution in [3.8, 4) is 0 Å². The van der Waals surface area contributed by atoms with E-state index in [-0.39, 0.29) is 0 Å². The Morgan fingerprint density at radius 3 is 2.56 bits per heavy atom. The van der Waals surface area contributed by atoms with Gasteiger partial charge in [0.1, 0.15) is 0 Å². The SMILES string of the molecule is [CH2]c1ccc(I)c(C)c1. The van der Waals surface area contributed by atoms with Gasteiger partial charge in [0, 0.05) is 3.57 Å². The summed E-state index contributed by atoms with van der Waals surface area (Å²) in [7, 11) is 0. The van der Waals surface area contributed by atoms with Crippen molar-refractivity contribution in [1.82, 2.24) is 0 Å². The van der Waals surface area contributed by atoms with E-state index in [0.29, 0.717) is 0 Å². The van der Waals surface area contributed by atoms with Gasteiger partial charge in [0.25, 0.3) is 0 Å². The molecule has 0 aliphatic carbocycles. The van der Waals surface area contributed by atoms with Crippen LogP contribution in [0.1, 0.15) is 11.1 Å². The van der Waals surface area contributed by atoms with Gasteiger partial charge in [-0.2, -0.15) is 0 Å². The molecule has 0 fully saturated rings. The summed E-state index contributed by atoms with van der Waals surface area (Å²) < 4.78 is 1.31. The van der Waals surface area contributed by atoms with Gasteiger partial charge in [0.15, 0.2) is 0 Å². The van der Waals surface area contributed by atoms with Gasteiger partial charge < -0.3 is 0 Å². The van der Waals surface area contributed by atoms with E-state index in [1.807, 2.05) is 6.07 Å². The van der Waals surface area contributed by atoms with E-state index in [1.54, 1.807) is 0 Å². The maximum absolute atomic E-state index is 3.82. The minimum absolute atomic E-state index is 1.09. The van der Waals surface area contributed by atoms with Crippen molar-refractivity contribution < 1.29 is 0 Å². The second-order valence-electron chi connectivity index (χ2n) is 2.08. The third-order valence-corrected chi connectivity index (χ3v) is 2.43. The van der Waals surface area contributed by atoms with Crippen molar-refractivity contribution in [3.05, 3.63) is 39.8 Å². The van der Waals surface area contributed by atoms with Crippen molar-refractivity contribution in [1.29, 1.82) is 0 Å². The summed E-state index contributed by atoms with van der Waals surface area (Å²) >= 11 is 2.31. The largest absolute Gasteiger partial charge is 0.0580 e. The van der Waals surface area contributed by atoms with Gasteiger partial charge in [0.2, 0.25) is 0 Å². The van der Waals surface area contributed by atoms with Crippen LogP contribution in [0.25, 0.3) is 0 Å². The maximum Gasteiger partial charge on any atom is 0.0159 e. The van der Waals surface area contributed by atoms with Crippen LogP contribution in [0, 0.1) is 17.4 Å². The third kappa shape index (κ3) is 1.68. The Kier molecular flexibility index (Phi) is 2.11. The molecule has 1 radical (unpaired) electrons. The predicted molar refractivity (Wildman–Crippen MR) is 48.4 cm³/mol. The molecule has 9 heavy (non-hydrogen) atoms. The number of aryl methyl sites for hydroxylation is 1. The molecule has 1 aromatic rings. The molecular formula is C8H8I. The van der Waals surface area contributed by atoms with E-state index in [4.69, 9.17) is 0 Å². The molecule has 0 saturated heterocycles. The van der Waals surface area contributed by atoms with Crippen LogP contribution in [0.5, 0.6) is 0 Å². The van der Waals surface area contributed by atoms with Crippen molar-refractivity contribution >= 4 is 22.6 Å². The molecule has 0 nitrogen and oxygen atoms in total. The van der Waals surface area contributed by atoms with Crippen molar-refractivity contribution in [2.75, 3.05) is 0 Å². The fraction of sp³-hybridized carbons (Fsp3) is 0.125. The minimum Gasteiger partial charge on any atom is -0.0580 e. The van der Waals surface area contributed by atoms with E-state index < -0.39 is 0 Å². The zero-order valence-electron chi connectivity index (χ0n) is 5.32. The van der Waals surface area contributed by atoms with Gasteiger partial charge >= 0.3 is 0 Å². The summed E-state index contributed by atoms with van der Waals surface area (Å²) in [4.78, 5) is 0. The molecule has 1 aromatic carbocycles. The van der Waals surface area contributed by atoms with Gasteiger partial charge in [-0.15, -0.1) is 0 Å². The lowest BCUT2D eigenvalue weighted by atomic mass is 10.2. The highest BCUT2D eigenvalue weighted by Crippen LogP contribution is 2.11. The molecule has 0 atom stereocenters. The summed E-state index contributed by atoms with van der Waals surface area (Å²) in [6.45, 7) is 5.91. The number of halogens is 1. The first-order chi connectivity index (χ1) is 4.20. The highest BCUT2D eigenvalue weighted by atomic mass is 127. The van der Waals surface area contributed by atoms with Crippen LogP contribution < -0.4 is 0 Å². The molecule has 1 heteroatoms. The molecule has 0 unspecified atom stereocenters. The highest BCUT2D eigenvalue weighted by molar-refractivity contribution is 14.1. The molecule has 0 aliphatic rings. The van der Waals surface area contributed by atoms with Crippen LogP contribution in [0.2, 0.25) is 0 Å². The third-order valence-electron chi connectivity index (χ3n) is 1.22. The van der Waals surface area contributed by atoms with Gasteiger partial charge in [-0.3, -0.25) is 0 Å². The molecule has 1 rings (SSSR count). The number of benzene rings is 1. The number of hydrogen-bond donors (Lipinski definition) is 0. The fourth-order valence-electron chi connectivity index (χ4n) is 0.707. The molecule has 0 heterocycles. The molecule has 0 amide bonds. The summed E-state index contributed by atoms with van der Waals surface area (Å²) in [6, 6.07) is 6.19. The number of hydrogen-bond acceptors (Lipinski definition) is 0. The van der Waals surface area contributed by atoms with Crippen molar-refractivity contribution in [2.24, 2.45) is 0 Å². The Morgan fingerprint density at radius 2 is 2.11 bits per heavy atom. The van der Waals surface area contributed by atoms with Crippen LogP contribution in [0.15, 0.2) is 18.2 Å². The smallest absolute Gasteiger partial charge is 0.0159 e. The summed E-state index contributed by atoms with van der Waals surface area (Å²) in [5.74, 6) is 0. The van der Waals surface area contributed by atoms with Gasteiger partial charge in [-0.1, -0.05) is 12.1 Å². The first kappa shape index (κ1) is 7.06. The molecule has 0 bridgehead atoms. The Hall–Kier alpha value is -0.0500. The predicted octanol–water partition coefficient (Wildman–Crippen LogP) is 2.78. The Labute approximate surface area is 69.4 Å². The van der Waals surface area contributed by atoms with Crippen LogP contribution >= 0.6 is 22.6 Å². The molecular weight excluding hydrogens is 223 g/mol. The number of rotatable bonds is 0. The summed E-state index contributed by atoms with van der Waals surface area (Å²) in [5.41, 5.74) is 2.40. The Balaban J connectivity index is 3.17. The monoisotopic (exact) mass is 231 g/mol. The summed E-state index contributed by atoms with van der Waals surface area (Å²) in [6.07, 6.45) is 0. The van der Waals surface area contributed by atoms with Crippen molar-refractivity contribution in [3.63, 3.8) is 0 Å². The maximum atomic E-state index is 3.82. The van der Waals surface area contributed by atoms with Gasteiger partial charge in [-0.25, -0.2) is 0 Å². The van der Waals surface area contributed by atoms with Crippen LogP contribution in [-0.4, -0.2) is 0 Å². The van der Waals surface area contributed by atoms with Crippen LogP contribution in [-0.2, 0) is 0 Å². The van der Waals surface area contributed by atoms with Gasteiger partial charge in [0.05, 0.1) is 0 Å². The Morgan fingerprint density at radius 1 is 1.44 bits per heavy atom. The lowest BCUT2D eigenvalue weighted by Crippen LogP contribution is -1.79. The second kappa shape index (κ2) is 2.69. The molecule has 0 spiro atoms. The highest BCUT2D eigenvalue weighted by Gasteiger charge is 1.90. The quantitative estimate of drug-likeness (QED) is 0.602. The second-order valence-corrected chi connectivity index (χ2v) is 3.25. The van der Waals surface area contributed by atoms with E-state index in [1.165, 1.54) is 9.13 Å². The lowest BCUT2D eigenvalue weighted by molar-refractivity contribution is 1.40. The lowest BCUT2D eigenvalue weighted by Gasteiger charge is -1.96. The van der Waals surface area contributed by atoms with Crippen molar-refractivity contribution in [2.45, 2.75) is 6.92 Å². The Bertz CT molecular complexity index is 216.